The molecule has 0 bridgehead atoms. The van der Waals surface area contributed by atoms with Crippen LogP contribution in [0.15, 0.2) is 78.9 Å². The van der Waals surface area contributed by atoms with Crippen molar-refractivity contribution in [2.75, 3.05) is 24.2 Å². The normalized spacial score (nSPS) is 12.7. The lowest BCUT2D eigenvalue weighted by Gasteiger charge is -2.34. The number of halogens is 1. The number of carbonyl (C=O) groups excluding carboxylic acids is 2. The van der Waals surface area contributed by atoms with Crippen molar-refractivity contribution in [3.05, 3.63) is 95.0 Å². The average Bonchev–Trinajstić information content (AvgIpc) is 2.93. The smallest absolute Gasteiger partial charge is 0.244 e. The highest BCUT2D eigenvalue weighted by atomic mass is 35.5. The van der Waals surface area contributed by atoms with Crippen LogP contribution in [0.4, 0.5) is 5.69 Å². The van der Waals surface area contributed by atoms with E-state index in [4.69, 9.17) is 16.3 Å². The van der Waals surface area contributed by atoms with Crippen LogP contribution in [0.3, 0.4) is 0 Å². The van der Waals surface area contributed by atoms with E-state index in [2.05, 4.69) is 5.32 Å². The highest BCUT2D eigenvalue weighted by molar-refractivity contribution is 7.92. The fourth-order valence-corrected chi connectivity index (χ4v) is 5.32. The molecule has 0 saturated heterocycles. The Balaban J connectivity index is 2.08. The Labute approximate surface area is 241 Å². The SMILES string of the molecule is CC[C@H](C)NC(=O)[C@@H](Cc1ccccc1)N(Cc1cccc(Cl)c1)C(=O)CN(c1ccccc1OC)S(C)(=O)=O. The van der Waals surface area contributed by atoms with Crippen molar-refractivity contribution in [1.82, 2.24) is 10.2 Å². The van der Waals surface area contributed by atoms with Crippen LogP contribution < -0.4 is 14.4 Å². The number of ether oxygens (including phenoxy) is 1. The molecule has 0 heterocycles. The van der Waals surface area contributed by atoms with E-state index in [1.165, 1.54) is 12.0 Å². The summed E-state index contributed by atoms with van der Waals surface area (Å²) in [6.45, 7) is 3.38. The lowest BCUT2D eigenvalue weighted by Crippen LogP contribution is -2.54. The Bertz CT molecular complexity index is 1400. The van der Waals surface area contributed by atoms with E-state index >= 15 is 0 Å². The van der Waals surface area contributed by atoms with E-state index in [-0.39, 0.29) is 30.6 Å². The van der Waals surface area contributed by atoms with Gasteiger partial charge in [-0.1, -0.05) is 73.1 Å². The number of hydrogen-bond acceptors (Lipinski definition) is 5. The Hall–Kier alpha value is -3.56. The minimum atomic E-state index is -3.90. The second kappa shape index (κ2) is 14.2. The topological polar surface area (TPSA) is 96.0 Å². The molecule has 3 rings (SSSR count). The summed E-state index contributed by atoms with van der Waals surface area (Å²) in [6, 6.07) is 22.0. The minimum Gasteiger partial charge on any atom is -0.495 e. The van der Waals surface area contributed by atoms with Crippen LogP contribution in [0.1, 0.15) is 31.4 Å². The molecule has 2 atom stereocenters. The highest BCUT2D eigenvalue weighted by Gasteiger charge is 2.34. The summed E-state index contributed by atoms with van der Waals surface area (Å²) in [5.74, 6) is -0.564. The van der Waals surface area contributed by atoms with Gasteiger partial charge in [0.2, 0.25) is 21.8 Å². The van der Waals surface area contributed by atoms with Gasteiger partial charge in [-0.05, 0) is 48.7 Å². The van der Waals surface area contributed by atoms with Gasteiger partial charge in [-0.3, -0.25) is 13.9 Å². The maximum Gasteiger partial charge on any atom is 0.244 e. The van der Waals surface area contributed by atoms with E-state index in [0.29, 0.717) is 22.8 Å². The Morgan fingerprint density at radius 3 is 2.25 bits per heavy atom. The lowest BCUT2D eigenvalue weighted by molar-refractivity contribution is -0.140. The van der Waals surface area contributed by atoms with Crippen molar-refractivity contribution < 1.29 is 22.7 Å². The third-order valence-corrected chi connectivity index (χ3v) is 7.91. The monoisotopic (exact) mass is 585 g/mol. The predicted octanol–water partition coefficient (Wildman–Crippen LogP) is 4.67. The molecule has 0 aliphatic heterocycles. The summed E-state index contributed by atoms with van der Waals surface area (Å²) in [6.07, 6.45) is 1.98. The maximum atomic E-state index is 14.1. The fourth-order valence-electron chi connectivity index (χ4n) is 4.26. The largest absolute Gasteiger partial charge is 0.495 e. The van der Waals surface area contributed by atoms with Crippen LogP contribution in [0, 0.1) is 0 Å². The van der Waals surface area contributed by atoms with Gasteiger partial charge in [0, 0.05) is 24.0 Å². The fraction of sp³-hybridized carbons (Fsp3) is 0.333. The number of sulfonamides is 1. The van der Waals surface area contributed by atoms with Crippen molar-refractivity contribution >= 4 is 39.1 Å². The molecular formula is C30H36ClN3O5S. The Kier molecular flexibility index (Phi) is 11.0. The molecule has 10 heteroatoms. The van der Waals surface area contributed by atoms with Gasteiger partial charge in [0.05, 0.1) is 19.1 Å². The van der Waals surface area contributed by atoms with E-state index in [9.17, 15) is 18.0 Å². The van der Waals surface area contributed by atoms with Crippen molar-refractivity contribution in [3.63, 3.8) is 0 Å². The summed E-state index contributed by atoms with van der Waals surface area (Å²) in [7, 11) is -2.47. The Morgan fingerprint density at radius 2 is 1.62 bits per heavy atom. The quantitative estimate of drug-likeness (QED) is 0.314. The van der Waals surface area contributed by atoms with Gasteiger partial charge < -0.3 is 15.0 Å². The molecule has 2 amide bonds. The summed E-state index contributed by atoms with van der Waals surface area (Å²) >= 11 is 6.24. The molecule has 1 N–H and O–H groups in total. The highest BCUT2D eigenvalue weighted by Crippen LogP contribution is 2.30. The van der Waals surface area contributed by atoms with Crippen LogP contribution in [-0.2, 0) is 32.6 Å². The molecule has 0 saturated carbocycles. The summed E-state index contributed by atoms with van der Waals surface area (Å²) in [5, 5.41) is 3.49. The average molecular weight is 586 g/mol. The number of methoxy groups -OCH3 is 1. The van der Waals surface area contributed by atoms with Gasteiger partial charge in [0.15, 0.2) is 0 Å². The first-order chi connectivity index (χ1) is 19.0. The first kappa shape index (κ1) is 31.0. The molecular weight excluding hydrogens is 550 g/mol. The van der Waals surface area contributed by atoms with E-state index in [1.54, 1.807) is 42.5 Å². The first-order valence-electron chi connectivity index (χ1n) is 13.0. The Morgan fingerprint density at radius 1 is 0.975 bits per heavy atom. The third kappa shape index (κ3) is 8.47. The molecule has 0 fully saturated rings. The molecule has 3 aromatic carbocycles. The number of anilines is 1. The van der Waals surface area contributed by atoms with Crippen LogP contribution in [0.5, 0.6) is 5.75 Å². The van der Waals surface area contributed by atoms with Crippen molar-refractivity contribution in [1.29, 1.82) is 0 Å². The molecule has 8 nitrogen and oxygen atoms in total. The summed E-state index contributed by atoms with van der Waals surface area (Å²) in [5.41, 5.74) is 1.80. The summed E-state index contributed by atoms with van der Waals surface area (Å²) in [4.78, 5) is 29.2. The molecule has 0 radical (unpaired) electrons. The number of nitrogens with zero attached hydrogens (tertiary/aromatic N) is 2. The van der Waals surface area contributed by atoms with Crippen LogP contribution in [-0.4, -0.2) is 57.1 Å². The minimum absolute atomic E-state index is 0.0499. The van der Waals surface area contributed by atoms with Crippen molar-refractivity contribution in [2.45, 2.75) is 45.3 Å². The zero-order chi connectivity index (χ0) is 29.3. The second-order valence-corrected chi connectivity index (χ2v) is 12.0. The van der Waals surface area contributed by atoms with E-state index in [0.717, 1.165) is 16.1 Å². The van der Waals surface area contributed by atoms with Gasteiger partial charge in [-0.15, -0.1) is 0 Å². The maximum absolute atomic E-state index is 14.1. The predicted molar refractivity (Wildman–Crippen MR) is 159 cm³/mol. The molecule has 0 unspecified atom stereocenters. The number of benzene rings is 3. The van der Waals surface area contributed by atoms with E-state index < -0.39 is 28.5 Å². The number of carbonyl (C=O) groups is 2. The van der Waals surface area contributed by atoms with E-state index in [1.807, 2.05) is 50.2 Å². The third-order valence-electron chi connectivity index (χ3n) is 6.55. The van der Waals surface area contributed by atoms with Crippen LogP contribution >= 0.6 is 11.6 Å². The molecule has 3 aromatic rings. The van der Waals surface area contributed by atoms with Crippen molar-refractivity contribution in [2.24, 2.45) is 0 Å². The van der Waals surface area contributed by atoms with Crippen molar-refractivity contribution in [3.8, 4) is 5.75 Å². The first-order valence-corrected chi connectivity index (χ1v) is 15.2. The lowest BCUT2D eigenvalue weighted by atomic mass is 10.0. The number of nitrogens with one attached hydrogen (secondary N) is 1. The molecule has 0 spiro atoms. The zero-order valence-electron chi connectivity index (χ0n) is 23.2. The van der Waals surface area contributed by atoms with Crippen LogP contribution in [0.25, 0.3) is 0 Å². The molecule has 0 aromatic heterocycles. The van der Waals surface area contributed by atoms with Gasteiger partial charge in [0.25, 0.3) is 0 Å². The molecule has 0 aliphatic rings. The number of rotatable bonds is 13. The van der Waals surface area contributed by atoms with Gasteiger partial charge >= 0.3 is 0 Å². The number of hydrogen-bond donors (Lipinski definition) is 1. The van der Waals surface area contributed by atoms with Gasteiger partial charge in [-0.25, -0.2) is 8.42 Å². The van der Waals surface area contributed by atoms with Crippen LogP contribution in [0.2, 0.25) is 5.02 Å². The molecule has 0 aliphatic carbocycles. The standard InChI is InChI=1S/C30H36ClN3O5S/c1-5-22(2)32-30(36)27(19-23-12-7-6-8-13-23)33(20-24-14-11-15-25(31)18-24)29(35)21-34(40(4,37)38)26-16-9-10-17-28(26)39-3/h6-18,22,27H,5,19-21H2,1-4H3,(H,32,36)/t22-,27+/m0/s1. The zero-order valence-corrected chi connectivity index (χ0v) is 24.8. The number of amides is 2. The number of para-hydroxylation sites is 2. The summed E-state index contributed by atoms with van der Waals surface area (Å²) < 4.78 is 32.3. The van der Waals surface area contributed by atoms with Gasteiger partial charge in [0.1, 0.15) is 18.3 Å². The second-order valence-electron chi connectivity index (χ2n) is 9.62. The molecule has 214 valence electrons. The molecule has 40 heavy (non-hydrogen) atoms. The van der Waals surface area contributed by atoms with Gasteiger partial charge in [-0.2, -0.15) is 0 Å².